The zero-order chi connectivity index (χ0) is 20.8. The molecule has 0 bridgehead atoms. The molecule has 0 aromatic carbocycles. The third-order valence-corrected chi connectivity index (χ3v) is 4.87. The van der Waals surface area contributed by atoms with Crippen molar-refractivity contribution in [3.63, 3.8) is 0 Å². The van der Waals surface area contributed by atoms with E-state index < -0.39 is 15.6 Å². The standard InChI is InChI=1S/C18H33N.CHF3O3S/c1-3-5-6-7-8-9-10-11-12-13-15-19-16-14-18(4-2)17-19;2-1(3,4)8(5,6)7/h14,16-17H,3-13,15H2,1-2H3;(H,5,6,7). The Labute approximate surface area is 161 Å². The van der Waals surface area contributed by atoms with E-state index in [2.05, 4.69) is 36.9 Å². The van der Waals surface area contributed by atoms with Crippen LogP contribution in [0, 0.1) is 0 Å². The van der Waals surface area contributed by atoms with Crippen LogP contribution >= 0.6 is 0 Å². The number of hydrogen-bond donors (Lipinski definition) is 1. The van der Waals surface area contributed by atoms with Crippen LogP contribution in [0.25, 0.3) is 0 Å². The lowest BCUT2D eigenvalue weighted by Crippen LogP contribution is -2.21. The fourth-order valence-corrected chi connectivity index (χ4v) is 2.62. The molecule has 0 fully saturated rings. The topological polar surface area (TPSA) is 59.3 Å². The molecule has 0 radical (unpaired) electrons. The molecule has 1 N–H and O–H groups in total. The third kappa shape index (κ3) is 13.7. The van der Waals surface area contributed by atoms with Crippen molar-refractivity contribution in [2.45, 2.75) is 96.5 Å². The lowest BCUT2D eigenvalue weighted by atomic mass is 10.1. The lowest BCUT2D eigenvalue weighted by molar-refractivity contribution is -0.0510. The predicted molar refractivity (Wildman–Crippen MR) is 103 cm³/mol. The zero-order valence-corrected chi connectivity index (χ0v) is 17.3. The van der Waals surface area contributed by atoms with Gasteiger partial charge in [0.15, 0.2) is 0 Å². The molecule has 0 aliphatic heterocycles. The SMILES string of the molecule is CCCCCCCCCCCCn1ccc(CC)c1.O=S(=O)(O)C(F)(F)F. The minimum absolute atomic E-state index is 1.16. The second-order valence-corrected chi connectivity index (χ2v) is 8.13. The van der Waals surface area contributed by atoms with Gasteiger partial charge in [-0.25, -0.2) is 0 Å². The van der Waals surface area contributed by atoms with Gasteiger partial charge in [-0.2, -0.15) is 21.6 Å². The Bertz CT molecular complexity index is 583. The zero-order valence-electron chi connectivity index (χ0n) is 16.5. The van der Waals surface area contributed by atoms with E-state index in [-0.39, 0.29) is 0 Å². The van der Waals surface area contributed by atoms with Crippen molar-refractivity contribution in [1.82, 2.24) is 4.57 Å². The fourth-order valence-electron chi connectivity index (χ4n) is 2.62. The van der Waals surface area contributed by atoms with Crippen LogP contribution in [0.3, 0.4) is 0 Å². The first-order valence-electron chi connectivity index (χ1n) is 9.80. The molecular weight excluding hydrogens is 379 g/mol. The molecule has 0 saturated carbocycles. The van der Waals surface area contributed by atoms with Crippen LogP contribution < -0.4 is 0 Å². The van der Waals surface area contributed by atoms with Crippen molar-refractivity contribution < 1.29 is 26.1 Å². The Hall–Kier alpha value is -1.02. The van der Waals surface area contributed by atoms with Crippen molar-refractivity contribution in [1.29, 1.82) is 0 Å². The van der Waals surface area contributed by atoms with E-state index in [4.69, 9.17) is 13.0 Å². The second-order valence-electron chi connectivity index (χ2n) is 6.71. The largest absolute Gasteiger partial charge is 0.522 e. The summed E-state index contributed by atoms with van der Waals surface area (Å²) in [6.07, 6.45) is 19.9. The third-order valence-electron chi connectivity index (χ3n) is 4.28. The summed E-state index contributed by atoms with van der Waals surface area (Å²) >= 11 is 0. The van der Waals surface area contributed by atoms with Crippen LogP contribution in [-0.2, 0) is 23.1 Å². The molecule has 1 rings (SSSR count). The number of alkyl halides is 3. The Morgan fingerprint density at radius 3 is 1.74 bits per heavy atom. The molecule has 1 aromatic rings. The lowest BCUT2D eigenvalue weighted by Gasteiger charge is -2.04. The molecule has 1 aromatic heterocycles. The highest BCUT2D eigenvalue weighted by atomic mass is 32.2. The molecule has 27 heavy (non-hydrogen) atoms. The van der Waals surface area contributed by atoms with Gasteiger partial charge in [0.2, 0.25) is 0 Å². The van der Waals surface area contributed by atoms with E-state index in [0.717, 1.165) is 6.42 Å². The first-order chi connectivity index (χ1) is 12.6. The number of halogens is 3. The second kappa shape index (κ2) is 14.0. The summed E-state index contributed by atoms with van der Waals surface area (Å²) in [7, 11) is -5.84. The average molecular weight is 414 g/mol. The van der Waals surface area contributed by atoms with Gasteiger partial charge in [-0.3, -0.25) is 4.55 Å². The van der Waals surface area contributed by atoms with Crippen LogP contribution in [-0.4, -0.2) is 23.0 Å². The normalized spacial score (nSPS) is 11.9. The molecule has 4 nitrogen and oxygen atoms in total. The summed E-state index contributed by atoms with van der Waals surface area (Å²) in [4.78, 5) is 0. The van der Waals surface area contributed by atoms with Gasteiger partial charge < -0.3 is 4.57 Å². The van der Waals surface area contributed by atoms with Crippen molar-refractivity contribution in [2.75, 3.05) is 0 Å². The minimum atomic E-state index is -5.84. The summed E-state index contributed by atoms with van der Waals surface area (Å²) in [5.41, 5.74) is -4.07. The summed E-state index contributed by atoms with van der Waals surface area (Å²) in [5, 5.41) is 0. The Morgan fingerprint density at radius 2 is 1.37 bits per heavy atom. The van der Waals surface area contributed by atoms with Gasteiger partial charge in [-0.15, -0.1) is 0 Å². The van der Waals surface area contributed by atoms with E-state index in [9.17, 15) is 13.2 Å². The van der Waals surface area contributed by atoms with Gasteiger partial charge >= 0.3 is 15.6 Å². The van der Waals surface area contributed by atoms with Crippen LogP contribution in [0.15, 0.2) is 18.5 Å². The fraction of sp³-hybridized carbons (Fsp3) is 0.789. The summed E-state index contributed by atoms with van der Waals surface area (Å²) < 4.78 is 59.9. The van der Waals surface area contributed by atoms with Gasteiger partial charge in [-0.05, 0) is 24.5 Å². The van der Waals surface area contributed by atoms with Gasteiger partial charge in [-0.1, -0.05) is 71.6 Å². The summed E-state index contributed by atoms with van der Waals surface area (Å²) in [6.45, 7) is 5.71. The first kappa shape index (κ1) is 26.0. The molecule has 0 atom stereocenters. The molecule has 0 amide bonds. The Morgan fingerprint density at radius 1 is 0.926 bits per heavy atom. The molecule has 0 saturated heterocycles. The molecular formula is C19H34F3NO3S. The van der Waals surface area contributed by atoms with Crippen LogP contribution in [0.1, 0.15) is 83.6 Å². The number of rotatable bonds is 12. The van der Waals surface area contributed by atoms with Gasteiger partial charge in [0.25, 0.3) is 0 Å². The van der Waals surface area contributed by atoms with E-state index in [1.165, 1.54) is 76.3 Å². The van der Waals surface area contributed by atoms with Crippen LogP contribution in [0.4, 0.5) is 13.2 Å². The first-order valence-corrected chi connectivity index (χ1v) is 11.2. The van der Waals surface area contributed by atoms with Gasteiger partial charge in [0, 0.05) is 18.9 Å². The van der Waals surface area contributed by atoms with Crippen LogP contribution in [0.2, 0.25) is 0 Å². The molecule has 0 spiro atoms. The molecule has 1 heterocycles. The average Bonchev–Trinajstić information content (AvgIpc) is 3.03. The van der Waals surface area contributed by atoms with Gasteiger partial charge in [0.05, 0.1) is 0 Å². The number of nitrogens with zero attached hydrogens (tertiary/aromatic N) is 1. The maximum Gasteiger partial charge on any atom is 0.522 e. The Kier molecular flexibility index (Phi) is 13.5. The molecule has 0 aliphatic rings. The highest BCUT2D eigenvalue weighted by molar-refractivity contribution is 7.86. The molecule has 0 unspecified atom stereocenters. The van der Waals surface area contributed by atoms with Gasteiger partial charge in [0.1, 0.15) is 0 Å². The van der Waals surface area contributed by atoms with Crippen molar-refractivity contribution in [3.8, 4) is 0 Å². The van der Waals surface area contributed by atoms with E-state index in [0.29, 0.717) is 0 Å². The van der Waals surface area contributed by atoms with E-state index >= 15 is 0 Å². The quantitative estimate of drug-likeness (QED) is 0.246. The smallest absolute Gasteiger partial charge is 0.354 e. The molecule has 8 heteroatoms. The minimum Gasteiger partial charge on any atom is -0.354 e. The molecule has 160 valence electrons. The van der Waals surface area contributed by atoms with E-state index in [1.807, 2.05) is 0 Å². The highest BCUT2D eigenvalue weighted by Crippen LogP contribution is 2.20. The van der Waals surface area contributed by atoms with E-state index in [1.54, 1.807) is 0 Å². The summed E-state index contributed by atoms with van der Waals surface area (Å²) in [5.74, 6) is 0. The summed E-state index contributed by atoms with van der Waals surface area (Å²) in [6, 6.07) is 2.25. The predicted octanol–water partition coefficient (Wildman–Crippen LogP) is 6.37. The molecule has 0 aliphatic carbocycles. The number of aromatic nitrogens is 1. The van der Waals surface area contributed by atoms with Crippen molar-refractivity contribution in [3.05, 3.63) is 24.0 Å². The monoisotopic (exact) mass is 413 g/mol. The number of unbranched alkanes of at least 4 members (excludes halogenated alkanes) is 9. The number of aryl methyl sites for hydroxylation is 2. The van der Waals surface area contributed by atoms with Crippen molar-refractivity contribution in [2.24, 2.45) is 0 Å². The maximum absolute atomic E-state index is 10.7. The maximum atomic E-state index is 10.7. The Balaban J connectivity index is 0.000000713. The number of hydrogen-bond acceptors (Lipinski definition) is 2. The highest BCUT2D eigenvalue weighted by Gasteiger charge is 2.44. The van der Waals surface area contributed by atoms with Crippen molar-refractivity contribution >= 4 is 10.1 Å². The van der Waals surface area contributed by atoms with Crippen LogP contribution in [0.5, 0.6) is 0 Å².